The van der Waals surface area contributed by atoms with E-state index < -0.39 is 10.9 Å². The molecule has 1 aromatic rings. The molecule has 0 amide bonds. The first kappa shape index (κ1) is 16.0. The number of hydrogen-bond donors (Lipinski definition) is 1. The van der Waals surface area contributed by atoms with Gasteiger partial charge < -0.3 is 19.5 Å². The van der Waals surface area contributed by atoms with Gasteiger partial charge in [-0.1, -0.05) is 0 Å². The molecule has 120 valence electrons. The minimum atomic E-state index is -0.584. The number of methoxy groups -OCH3 is 1. The number of nitro groups is 1. The summed E-state index contributed by atoms with van der Waals surface area (Å²) in [7, 11) is 1.25. The molecule has 1 N–H and O–H groups in total. The minimum Gasteiger partial charge on any atom is -0.487 e. The average molecular weight is 310 g/mol. The summed E-state index contributed by atoms with van der Waals surface area (Å²) in [5.74, 6) is -0.550. The van der Waals surface area contributed by atoms with E-state index in [1.165, 1.54) is 19.2 Å². The average Bonchev–Trinajstić information content (AvgIpc) is 2.44. The molecular formula is C14H18N2O6. The van der Waals surface area contributed by atoms with Gasteiger partial charge in [-0.15, -0.1) is 0 Å². The number of carbonyl (C=O) groups is 1. The monoisotopic (exact) mass is 310 g/mol. The van der Waals surface area contributed by atoms with Crippen molar-refractivity contribution in [3.63, 3.8) is 0 Å². The van der Waals surface area contributed by atoms with Gasteiger partial charge >= 0.3 is 11.7 Å². The van der Waals surface area contributed by atoms with E-state index in [-0.39, 0.29) is 35.4 Å². The fraction of sp³-hybridized carbons (Fsp3) is 0.500. The summed E-state index contributed by atoms with van der Waals surface area (Å²) in [4.78, 5) is 22.5. The molecule has 1 aliphatic heterocycles. The molecular weight excluding hydrogens is 292 g/mol. The molecule has 0 saturated carbocycles. The molecule has 1 saturated heterocycles. The zero-order chi connectivity index (χ0) is 16.1. The highest BCUT2D eigenvalue weighted by Gasteiger charge is 2.26. The van der Waals surface area contributed by atoms with Gasteiger partial charge in [-0.3, -0.25) is 10.1 Å². The van der Waals surface area contributed by atoms with Crippen molar-refractivity contribution in [3.05, 3.63) is 27.8 Å². The summed E-state index contributed by atoms with van der Waals surface area (Å²) in [6.07, 6.45) is 0.924. The Morgan fingerprint density at radius 2 is 2.27 bits per heavy atom. The Hall–Kier alpha value is -2.35. The second-order valence-electron chi connectivity index (χ2n) is 4.71. The predicted molar refractivity (Wildman–Crippen MR) is 78.5 cm³/mol. The van der Waals surface area contributed by atoms with Gasteiger partial charge in [0, 0.05) is 19.2 Å². The number of nitrogens with zero attached hydrogens (tertiary/aromatic N) is 1. The van der Waals surface area contributed by atoms with E-state index in [9.17, 15) is 14.9 Å². The molecule has 0 aromatic heterocycles. The first-order valence-electron chi connectivity index (χ1n) is 6.95. The molecule has 8 heteroatoms. The number of rotatable bonds is 7. The van der Waals surface area contributed by atoms with Crippen LogP contribution < -0.4 is 10.1 Å². The topological polar surface area (TPSA) is 99.9 Å². The van der Waals surface area contributed by atoms with Crippen LogP contribution in [-0.2, 0) is 9.47 Å². The number of esters is 1. The zero-order valence-corrected chi connectivity index (χ0v) is 12.5. The molecule has 1 heterocycles. The Bertz CT molecular complexity index is 571. The van der Waals surface area contributed by atoms with Crippen LogP contribution in [0.15, 0.2) is 12.1 Å². The quantitative estimate of drug-likeness (QED) is 0.467. The maximum absolute atomic E-state index is 11.7. The number of nitrogens with one attached hydrogen (secondary N) is 1. The molecule has 0 bridgehead atoms. The van der Waals surface area contributed by atoms with Gasteiger partial charge in [0.25, 0.3) is 0 Å². The third-order valence-electron chi connectivity index (χ3n) is 3.29. The van der Waals surface area contributed by atoms with Gasteiger partial charge in [0.2, 0.25) is 0 Å². The van der Waals surface area contributed by atoms with Crippen LogP contribution >= 0.6 is 0 Å². The third kappa shape index (κ3) is 3.45. The van der Waals surface area contributed by atoms with Crippen LogP contribution in [0.3, 0.4) is 0 Å². The van der Waals surface area contributed by atoms with Gasteiger partial charge in [-0.25, -0.2) is 4.79 Å². The summed E-state index contributed by atoms with van der Waals surface area (Å²) in [5, 5.41) is 14.3. The molecule has 1 fully saturated rings. The Balaban J connectivity index is 2.37. The first-order valence-corrected chi connectivity index (χ1v) is 6.95. The second kappa shape index (κ2) is 7.08. The normalized spacial score (nSPS) is 16.5. The van der Waals surface area contributed by atoms with Crippen LogP contribution in [0.4, 0.5) is 11.4 Å². The lowest BCUT2D eigenvalue weighted by atomic mass is 10.1. The van der Waals surface area contributed by atoms with E-state index in [1.807, 2.05) is 0 Å². The van der Waals surface area contributed by atoms with Crippen LogP contribution in [0.25, 0.3) is 0 Å². The van der Waals surface area contributed by atoms with Crippen molar-refractivity contribution in [2.75, 3.05) is 32.2 Å². The van der Waals surface area contributed by atoms with E-state index in [0.717, 1.165) is 6.42 Å². The van der Waals surface area contributed by atoms with Crippen molar-refractivity contribution < 1.29 is 23.9 Å². The number of ether oxygens (including phenoxy) is 3. The van der Waals surface area contributed by atoms with E-state index in [2.05, 4.69) is 10.1 Å². The molecule has 0 radical (unpaired) electrons. The molecule has 0 spiro atoms. The highest BCUT2D eigenvalue weighted by atomic mass is 16.6. The molecule has 8 nitrogen and oxygen atoms in total. The van der Waals surface area contributed by atoms with Gasteiger partial charge in [0.15, 0.2) is 5.75 Å². The van der Waals surface area contributed by atoms with Gasteiger partial charge in [0.05, 0.1) is 30.3 Å². The number of nitro benzene ring substituents is 1. The number of carbonyl (C=O) groups excluding carboxylic acids is 1. The third-order valence-corrected chi connectivity index (χ3v) is 3.29. The van der Waals surface area contributed by atoms with Crippen LogP contribution in [-0.4, -0.2) is 43.9 Å². The molecule has 22 heavy (non-hydrogen) atoms. The standard InChI is InChI=1S/C14H18N2O6/c1-3-21-12-7-9(14(17)20-2)6-11(13(12)16(18)19)15-8-10-4-5-22-10/h6-7,10,15H,3-5,8H2,1-2H3/t10-/m0/s1. The molecule has 2 rings (SSSR count). The van der Waals surface area contributed by atoms with Crippen LogP contribution in [0.1, 0.15) is 23.7 Å². The lowest BCUT2D eigenvalue weighted by molar-refractivity contribution is -0.384. The Morgan fingerprint density at radius 3 is 2.77 bits per heavy atom. The van der Waals surface area contributed by atoms with Gasteiger partial charge in [-0.05, 0) is 19.4 Å². The first-order chi connectivity index (χ1) is 10.6. The van der Waals surface area contributed by atoms with Crippen molar-refractivity contribution in [2.45, 2.75) is 19.4 Å². The number of hydrogen-bond acceptors (Lipinski definition) is 7. The molecule has 0 aliphatic carbocycles. The van der Waals surface area contributed by atoms with Crippen LogP contribution in [0, 0.1) is 10.1 Å². The molecule has 1 aliphatic rings. The van der Waals surface area contributed by atoms with Crippen molar-refractivity contribution in [2.24, 2.45) is 0 Å². The van der Waals surface area contributed by atoms with E-state index in [0.29, 0.717) is 13.2 Å². The lowest BCUT2D eigenvalue weighted by Crippen LogP contribution is -2.33. The largest absolute Gasteiger partial charge is 0.487 e. The van der Waals surface area contributed by atoms with E-state index >= 15 is 0 Å². The molecule has 0 unspecified atom stereocenters. The molecule has 1 aromatic carbocycles. The Kier molecular flexibility index (Phi) is 5.16. The lowest BCUT2D eigenvalue weighted by Gasteiger charge is -2.27. The number of anilines is 1. The zero-order valence-electron chi connectivity index (χ0n) is 12.5. The van der Waals surface area contributed by atoms with Crippen molar-refractivity contribution >= 4 is 17.3 Å². The van der Waals surface area contributed by atoms with Crippen LogP contribution in [0.2, 0.25) is 0 Å². The van der Waals surface area contributed by atoms with Gasteiger partial charge in [0.1, 0.15) is 5.69 Å². The predicted octanol–water partition coefficient (Wildman–Crippen LogP) is 1.98. The second-order valence-corrected chi connectivity index (χ2v) is 4.71. The fourth-order valence-corrected chi connectivity index (χ4v) is 2.10. The van der Waals surface area contributed by atoms with Crippen LogP contribution in [0.5, 0.6) is 5.75 Å². The summed E-state index contributed by atoms with van der Waals surface area (Å²) in [5.41, 5.74) is 0.203. The van der Waals surface area contributed by atoms with Crippen molar-refractivity contribution in [1.29, 1.82) is 0 Å². The fourth-order valence-electron chi connectivity index (χ4n) is 2.10. The minimum absolute atomic E-state index is 0.0249. The number of benzene rings is 1. The van der Waals surface area contributed by atoms with Gasteiger partial charge in [-0.2, -0.15) is 0 Å². The molecule has 1 atom stereocenters. The Morgan fingerprint density at radius 1 is 1.55 bits per heavy atom. The SMILES string of the molecule is CCOc1cc(C(=O)OC)cc(NC[C@@H]2CCO2)c1[N+](=O)[O-]. The maximum Gasteiger partial charge on any atom is 0.338 e. The summed E-state index contributed by atoms with van der Waals surface area (Å²) < 4.78 is 15.2. The summed E-state index contributed by atoms with van der Waals surface area (Å²) >= 11 is 0. The van der Waals surface area contributed by atoms with Crippen molar-refractivity contribution in [3.8, 4) is 5.75 Å². The van der Waals surface area contributed by atoms with E-state index in [1.54, 1.807) is 6.92 Å². The smallest absolute Gasteiger partial charge is 0.338 e. The maximum atomic E-state index is 11.7. The van der Waals surface area contributed by atoms with Crippen molar-refractivity contribution in [1.82, 2.24) is 0 Å². The van der Waals surface area contributed by atoms with E-state index in [4.69, 9.17) is 9.47 Å². The summed E-state index contributed by atoms with van der Waals surface area (Å²) in [6, 6.07) is 2.71. The highest BCUT2D eigenvalue weighted by Crippen LogP contribution is 2.37. The summed E-state index contributed by atoms with van der Waals surface area (Å²) in [6.45, 7) is 3.08. The Labute approximate surface area is 127 Å². The highest BCUT2D eigenvalue weighted by molar-refractivity contribution is 5.93.